The Labute approximate surface area is 158 Å². The standard InChI is InChI=1S/C20H25NO4S/c1-12(2)10-18(22)21(13(3)4)16-11-17(26-19(16)20(23)24)14-6-8-15(25-5)9-7-14/h6-9,11-13H,10H2,1-5H3,(H,23,24). The highest BCUT2D eigenvalue weighted by Crippen LogP contribution is 2.38. The number of hydrogen-bond donors (Lipinski definition) is 1. The second kappa shape index (κ2) is 8.36. The minimum absolute atomic E-state index is 0.0587. The number of rotatable bonds is 7. The molecule has 140 valence electrons. The zero-order chi connectivity index (χ0) is 19.4. The fourth-order valence-corrected chi connectivity index (χ4v) is 3.75. The van der Waals surface area contributed by atoms with Crippen molar-refractivity contribution >= 4 is 28.9 Å². The summed E-state index contributed by atoms with van der Waals surface area (Å²) in [5, 5.41) is 9.65. The molecule has 0 aliphatic heterocycles. The molecule has 0 aliphatic rings. The van der Waals surface area contributed by atoms with Crippen molar-refractivity contribution in [2.75, 3.05) is 12.0 Å². The molecule has 6 heteroatoms. The largest absolute Gasteiger partial charge is 0.497 e. The van der Waals surface area contributed by atoms with E-state index in [0.29, 0.717) is 12.1 Å². The van der Waals surface area contributed by atoms with Gasteiger partial charge in [0.05, 0.1) is 12.8 Å². The van der Waals surface area contributed by atoms with Gasteiger partial charge < -0.3 is 14.7 Å². The number of hydrogen-bond acceptors (Lipinski definition) is 4. The molecule has 26 heavy (non-hydrogen) atoms. The molecule has 1 aromatic carbocycles. The van der Waals surface area contributed by atoms with E-state index in [-0.39, 0.29) is 22.7 Å². The Hall–Kier alpha value is -2.34. The summed E-state index contributed by atoms with van der Waals surface area (Å²) in [6, 6.07) is 9.11. The SMILES string of the molecule is COc1ccc(-c2cc(N(C(=O)CC(C)C)C(C)C)c(C(=O)O)s2)cc1. The minimum Gasteiger partial charge on any atom is -0.497 e. The number of amides is 1. The highest BCUT2D eigenvalue weighted by atomic mass is 32.1. The van der Waals surface area contributed by atoms with Gasteiger partial charge in [0.2, 0.25) is 5.91 Å². The van der Waals surface area contributed by atoms with E-state index < -0.39 is 5.97 Å². The molecule has 1 amide bonds. The second-order valence-corrected chi connectivity index (χ2v) is 7.87. The van der Waals surface area contributed by atoms with Crippen LogP contribution in [-0.4, -0.2) is 30.1 Å². The number of methoxy groups -OCH3 is 1. The number of carbonyl (C=O) groups excluding carboxylic acids is 1. The molecule has 0 bridgehead atoms. The Morgan fingerprint density at radius 2 is 1.77 bits per heavy atom. The molecule has 0 radical (unpaired) electrons. The van der Waals surface area contributed by atoms with E-state index in [1.807, 2.05) is 52.0 Å². The third kappa shape index (κ3) is 4.43. The van der Waals surface area contributed by atoms with E-state index in [9.17, 15) is 14.7 Å². The summed E-state index contributed by atoms with van der Waals surface area (Å²) in [7, 11) is 1.60. The number of nitrogens with zero attached hydrogens (tertiary/aromatic N) is 1. The van der Waals surface area contributed by atoms with Crippen molar-refractivity contribution in [3.05, 3.63) is 35.2 Å². The van der Waals surface area contributed by atoms with Crippen LogP contribution in [-0.2, 0) is 4.79 Å². The van der Waals surface area contributed by atoms with Crippen molar-refractivity contribution in [2.24, 2.45) is 5.92 Å². The summed E-state index contributed by atoms with van der Waals surface area (Å²) in [4.78, 5) is 27.1. The van der Waals surface area contributed by atoms with Crippen molar-refractivity contribution in [3.63, 3.8) is 0 Å². The van der Waals surface area contributed by atoms with E-state index in [0.717, 1.165) is 16.2 Å². The van der Waals surface area contributed by atoms with E-state index in [1.54, 1.807) is 18.1 Å². The number of benzene rings is 1. The highest BCUT2D eigenvalue weighted by Gasteiger charge is 2.27. The normalized spacial score (nSPS) is 11.0. The van der Waals surface area contributed by atoms with Crippen molar-refractivity contribution in [1.82, 2.24) is 0 Å². The molecule has 1 aromatic heterocycles. The van der Waals surface area contributed by atoms with E-state index in [1.165, 1.54) is 11.3 Å². The quantitative estimate of drug-likeness (QED) is 0.747. The molecule has 0 saturated carbocycles. The number of thiophene rings is 1. The van der Waals surface area contributed by atoms with Gasteiger partial charge in [0.1, 0.15) is 10.6 Å². The van der Waals surface area contributed by atoms with Gasteiger partial charge in [0, 0.05) is 17.3 Å². The molecule has 0 atom stereocenters. The monoisotopic (exact) mass is 375 g/mol. The zero-order valence-corrected chi connectivity index (χ0v) is 16.6. The molecule has 1 heterocycles. The molecule has 0 unspecified atom stereocenters. The Kier molecular flexibility index (Phi) is 6.42. The first-order valence-electron chi connectivity index (χ1n) is 8.58. The van der Waals surface area contributed by atoms with Gasteiger partial charge >= 0.3 is 5.97 Å². The molecular formula is C20H25NO4S. The highest BCUT2D eigenvalue weighted by molar-refractivity contribution is 7.18. The van der Waals surface area contributed by atoms with Crippen LogP contribution in [0.5, 0.6) is 5.75 Å². The first-order valence-corrected chi connectivity index (χ1v) is 9.39. The van der Waals surface area contributed by atoms with Crippen LogP contribution in [0, 0.1) is 5.92 Å². The molecule has 0 fully saturated rings. The van der Waals surface area contributed by atoms with Crippen LogP contribution in [0.2, 0.25) is 0 Å². The number of carboxylic acids is 1. The molecule has 2 aromatic rings. The second-order valence-electron chi connectivity index (χ2n) is 6.81. The van der Waals surface area contributed by atoms with E-state index in [4.69, 9.17) is 4.74 Å². The van der Waals surface area contributed by atoms with Gasteiger partial charge in [0.25, 0.3) is 0 Å². The Morgan fingerprint density at radius 1 is 1.15 bits per heavy atom. The third-order valence-corrected chi connectivity index (χ3v) is 5.07. The lowest BCUT2D eigenvalue weighted by atomic mass is 10.1. The fourth-order valence-electron chi connectivity index (χ4n) is 2.76. The minimum atomic E-state index is -1.02. The van der Waals surface area contributed by atoms with Gasteiger partial charge in [-0.3, -0.25) is 4.79 Å². The summed E-state index contributed by atoms with van der Waals surface area (Å²) in [5.74, 6) is -0.138. The van der Waals surface area contributed by atoms with E-state index >= 15 is 0 Å². The van der Waals surface area contributed by atoms with Gasteiger partial charge in [-0.25, -0.2) is 4.79 Å². The molecule has 0 spiro atoms. The lowest BCUT2D eigenvalue weighted by Gasteiger charge is -2.27. The predicted octanol–water partition coefficient (Wildman–Crippen LogP) is 4.91. The maximum Gasteiger partial charge on any atom is 0.348 e. The summed E-state index contributed by atoms with van der Waals surface area (Å²) in [6.07, 6.45) is 0.380. The average Bonchev–Trinajstić information content (AvgIpc) is 2.99. The zero-order valence-electron chi connectivity index (χ0n) is 15.8. The van der Waals surface area contributed by atoms with Gasteiger partial charge in [-0.15, -0.1) is 11.3 Å². The van der Waals surface area contributed by atoms with Crippen LogP contribution < -0.4 is 9.64 Å². The van der Waals surface area contributed by atoms with E-state index in [2.05, 4.69) is 0 Å². The molecule has 2 rings (SSSR count). The van der Waals surface area contributed by atoms with Crippen molar-refractivity contribution in [3.8, 4) is 16.2 Å². The Morgan fingerprint density at radius 3 is 2.23 bits per heavy atom. The Balaban J connectivity index is 2.50. The molecule has 5 nitrogen and oxygen atoms in total. The lowest BCUT2D eigenvalue weighted by Crippen LogP contribution is -2.38. The first-order chi connectivity index (χ1) is 12.2. The van der Waals surface area contributed by atoms with Crippen LogP contribution in [0.4, 0.5) is 5.69 Å². The van der Waals surface area contributed by atoms with Crippen LogP contribution in [0.25, 0.3) is 10.4 Å². The summed E-state index contributed by atoms with van der Waals surface area (Å²) in [5.41, 5.74) is 1.36. The van der Waals surface area contributed by atoms with Crippen LogP contribution >= 0.6 is 11.3 Å². The van der Waals surface area contributed by atoms with Gasteiger partial charge in [-0.05, 0) is 55.7 Å². The molecule has 1 N–H and O–H groups in total. The van der Waals surface area contributed by atoms with Crippen molar-refractivity contribution in [2.45, 2.75) is 40.2 Å². The van der Waals surface area contributed by atoms with Gasteiger partial charge in [-0.2, -0.15) is 0 Å². The third-order valence-electron chi connectivity index (χ3n) is 3.91. The predicted molar refractivity (Wildman–Crippen MR) is 105 cm³/mol. The maximum absolute atomic E-state index is 12.7. The van der Waals surface area contributed by atoms with Crippen LogP contribution in [0.1, 0.15) is 43.8 Å². The summed E-state index contributed by atoms with van der Waals surface area (Å²) >= 11 is 1.18. The summed E-state index contributed by atoms with van der Waals surface area (Å²) in [6.45, 7) is 7.75. The van der Waals surface area contributed by atoms with Gasteiger partial charge in [-0.1, -0.05) is 13.8 Å². The number of aromatic carboxylic acids is 1. The lowest BCUT2D eigenvalue weighted by molar-refractivity contribution is -0.119. The fraction of sp³-hybridized carbons (Fsp3) is 0.400. The Bertz CT molecular complexity index is 778. The summed E-state index contributed by atoms with van der Waals surface area (Å²) < 4.78 is 5.17. The van der Waals surface area contributed by atoms with Crippen molar-refractivity contribution in [1.29, 1.82) is 0 Å². The van der Waals surface area contributed by atoms with Crippen LogP contribution in [0.15, 0.2) is 30.3 Å². The number of carboxylic acid groups (broad SMARTS) is 1. The number of anilines is 1. The first kappa shape index (κ1) is 20.0. The molecule has 0 saturated heterocycles. The topological polar surface area (TPSA) is 66.8 Å². The van der Waals surface area contributed by atoms with Crippen LogP contribution in [0.3, 0.4) is 0 Å². The average molecular weight is 375 g/mol. The molecular weight excluding hydrogens is 350 g/mol. The van der Waals surface area contributed by atoms with Gasteiger partial charge in [0.15, 0.2) is 0 Å². The maximum atomic E-state index is 12.7. The molecule has 0 aliphatic carbocycles. The van der Waals surface area contributed by atoms with Crippen molar-refractivity contribution < 1.29 is 19.4 Å². The number of ether oxygens (including phenoxy) is 1. The smallest absolute Gasteiger partial charge is 0.348 e. The number of carbonyl (C=O) groups is 2.